The normalized spacial score (nSPS) is 13.8. The molecule has 25 heavy (non-hydrogen) atoms. The Morgan fingerprint density at radius 1 is 0.960 bits per heavy atom. The molecule has 0 spiro atoms. The first-order valence-electron chi connectivity index (χ1n) is 8.29. The topological polar surface area (TPSA) is 75.9 Å². The maximum absolute atomic E-state index is 12.4. The molecule has 7 nitrogen and oxygen atoms in total. The Bertz CT molecular complexity index is 836. The summed E-state index contributed by atoms with van der Waals surface area (Å²) in [5, 5.41) is 11.0. The molecule has 0 aliphatic carbocycles. The number of aromatic nitrogens is 4. The zero-order valence-electron chi connectivity index (χ0n) is 13.7. The predicted molar refractivity (Wildman–Crippen MR) is 95.0 cm³/mol. The van der Waals surface area contributed by atoms with E-state index in [1.807, 2.05) is 36.4 Å². The molecule has 1 N–H and O–H groups in total. The third kappa shape index (κ3) is 3.35. The van der Waals surface area contributed by atoms with Crippen molar-refractivity contribution in [2.45, 2.75) is 12.8 Å². The van der Waals surface area contributed by atoms with E-state index in [1.54, 1.807) is 18.6 Å². The highest BCUT2D eigenvalue weighted by Crippen LogP contribution is 2.18. The zero-order chi connectivity index (χ0) is 17.1. The van der Waals surface area contributed by atoms with E-state index in [0.29, 0.717) is 11.3 Å². The molecular formula is C18H18N6O. The first-order valence-corrected chi connectivity index (χ1v) is 8.29. The van der Waals surface area contributed by atoms with Crippen LogP contribution in [0.2, 0.25) is 0 Å². The van der Waals surface area contributed by atoms with Gasteiger partial charge in [0.05, 0.1) is 23.6 Å². The van der Waals surface area contributed by atoms with E-state index in [-0.39, 0.29) is 5.91 Å². The van der Waals surface area contributed by atoms with Gasteiger partial charge >= 0.3 is 0 Å². The summed E-state index contributed by atoms with van der Waals surface area (Å²) >= 11 is 0. The van der Waals surface area contributed by atoms with Crippen molar-refractivity contribution < 1.29 is 4.79 Å². The van der Waals surface area contributed by atoms with Gasteiger partial charge in [-0.3, -0.25) is 4.79 Å². The first-order chi connectivity index (χ1) is 12.3. The fourth-order valence-electron chi connectivity index (χ4n) is 2.88. The average molecular weight is 334 g/mol. The Morgan fingerprint density at radius 3 is 2.32 bits per heavy atom. The number of carbonyl (C=O) groups excluding carboxylic acids is 1. The number of hydrogen-bond donors (Lipinski definition) is 1. The Hall–Kier alpha value is -3.22. The third-order valence-corrected chi connectivity index (χ3v) is 4.21. The summed E-state index contributed by atoms with van der Waals surface area (Å²) in [7, 11) is 0. The van der Waals surface area contributed by atoms with E-state index in [9.17, 15) is 4.79 Å². The minimum Gasteiger partial charge on any atom is -0.357 e. The summed E-state index contributed by atoms with van der Waals surface area (Å²) in [6.07, 6.45) is 7.27. The number of amides is 1. The number of nitrogens with zero attached hydrogens (tertiary/aromatic N) is 5. The van der Waals surface area contributed by atoms with Crippen LogP contribution in [0.1, 0.15) is 23.2 Å². The smallest absolute Gasteiger partial charge is 0.257 e. The third-order valence-electron chi connectivity index (χ3n) is 4.21. The molecule has 1 fully saturated rings. The SMILES string of the molecule is O=C(Nc1ccc(-n2nccn2)cc1)c1ccc(N2CCCC2)nc1. The van der Waals surface area contributed by atoms with Gasteiger partial charge in [-0.15, -0.1) is 0 Å². The van der Waals surface area contributed by atoms with Crippen molar-refractivity contribution in [1.29, 1.82) is 0 Å². The lowest BCUT2D eigenvalue weighted by molar-refractivity contribution is 0.102. The summed E-state index contributed by atoms with van der Waals surface area (Å²) in [5.74, 6) is 0.760. The van der Waals surface area contributed by atoms with Crippen molar-refractivity contribution in [2.75, 3.05) is 23.3 Å². The molecule has 0 radical (unpaired) electrons. The van der Waals surface area contributed by atoms with Gasteiger partial charge in [0.2, 0.25) is 0 Å². The molecule has 1 saturated heterocycles. The van der Waals surface area contributed by atoms with Crippen molar-refractivity contribution in [3.05, 3.63) is 60.6 Å². The van der Waals surface area contributed by atoms with E-state index in [1.165, 1.54) is 17.6 Å². The van der Waals surface area contributed by atoms with Gasteiger partial charge in [0.1, 0.15) is 5.82 Å². The zero-order valence-corrected chi connectivity index (χ0v) is 13.7. The molecule has 1 amide bonds. The number of carbonyl (C=O) groups is 1. The largest absolute Gasteiger partial charge is 0.357 e. The molecule has 126 valence electrons. The lowest BCUT2D eigenvalue weighted by atomic mass is 10.2. The molecule has 2 aromatic heterocycles. The predicted octanol–water partition coefficient (Wildman–Crippen LogP) is 2.51. The van der Waals surface area contributed by atoms with Crippen LogP contribution in [0.3, 0.4) is 0 Å². The standard InChI is InChI=1S/C18H18N6O/c25-18(14-3-8-17(19-13-14)23-11-1-2-12-23)22-15-4-6-16(7-5-15)24-20-9-10-21-24/h3-10,13H,1-2,11-12H2,(H,22,25). The molecule has 3 heterocycles. The maximum Gasteiger partial charge on any atom is 0.257 e. The average Bonchev–Trinajstić information content (AvgIpc) is 3.36. The molecular weight excluding hydrogens is 316 g/mol. The number of hydrogen-bond acceptors (Lipinski definition) is 5. The molecule has 1 aliphatic rings. The van der Waals surface area contributed by atoms with Crippen LogP contribution >= 0.6 is 0 Å². The van der Waals surface area contributed by atoms with Gasteiger partial charge < -0.3 is 10.2 Å². The van der Waals surface area contributed by atoms with Gasteiger partial charge in [0.25, 0.3) is 5.91 Å². The molecule has 0 unspecified atom stereocenters. The van der Waals surface area contributed by atoms with E-state index >= 15 is 0 Å². The Labute approximate surface area is 145 Å². The summed E-state index contributed by atoms with van der Waals surface area (Å²) in [5.41, 5.74) is 2.09. The van der Waals surface area contributed by atoms with Gasteiger partial charge in [0, 0.05) is 25.0 Å². The van der Waals surface area contributed by atoms with Crippen molar-refractivity contribution in [2.24, 2.45) is 0 Å². The second kappa shape index (κ2) is 6.72. The lowest BCUT2D eigenvalue weighted by Gasteiger charge is -2.16. The van der Waals surface area contributed by atoms with Crippen LogP contribution in [0.15, 0.2) is 55.0 Å². The van der Waals surface area contributed by atoms with Crippen molar-refractivity contribution in [3.8, 4) is 5.69 Å². The molecule has 1 aliphatic heterocycles. The number of anilines is 2. The molecule has 0 bridgehead atoms. The fraction of sp³-hybridized carbons (Fsp3) is 0.222. The van der Waals surface area contributed by atoms with Crippen molar-refractivity contribution >= 4 is 17.4 Å². The monoisotopic (exact) mass is 334 g/mol. The minimum absolute atomic E-state index is 0.176. The van der Waals surface area contributed by atoms with E-state index in [2.05, 4.69) is 25.4 Å². The molecule has 1 aromatic carbocycles. The van der Waals surface area contributed by atoms with Crippen LogP contribution < -0.4 is 10.2 Å². The van der Waals surface area contributed by atoms with Crippen LogP contribution in [0.25, 0.3) is 5.69 Å². The van der Waals surface area contributed by atoms with Gasteiger partial charge in [-0.2, -0.15) is 15.0 Å². The van der Waals surface area contributed by atoms with Crippen LogP contribution in [-0.4, -0.2) is 39.0 Å². The van der Waals surface area contributed by atoms with E-state index < -0.39 is 0 Å². The Morgan fingerprint density at radius 2 is 1.68 bits per heavy atom. The fourth-order valence-corrected chi connectivity index (χ4v) is 2.88. The highest BCUT2D eigenvalue weighted by molar-refractivity contribution is 6.04. The van der Waals surface area contributed by atoms with Crippen molar-refractivity contribution in [3.63, 3.8) is 0 Å². The van der Waals surface area contributed by atoms with Crippen LogP contribution in [0, 0.1) is 0 Å². The minimum atomic E-state index is -0.176. The quantitative estimate of drug-likeness (QED) is 0.793. The summed E-state index contributed by atoms with van der Waals surface area (Å²) in [6.45, 7) is 2.08. The number of rotatable bonds is 4. The number of pyridine rings is 1. The maximum atomic E-state index is 12.4. The van der Waals surface area contributed by atoms with Gasteiger partial charge in [0.15, 0.2) is 0 Å². The highest BCUT2D eigenvalue weighted by Gasteiger charge is 2.14. The van der Waals surface area contributed by atoms with Gasteiger partial charge in [-0.05, 0) is 49.2 Å². The second-order valence-electron chi connectivity index (χ2n) is 5.92. The van der Waals surface area contributed by atoms with Crippen LogP contribution in [0.5, 0.6) is 0 Å². The number of benzene rings is 1. The highest BCUT2D eigenvalue weighted by atomic mass is 16.1. The molecule has 3 aromatic rings. The molecule has 7 heteroatoms. The van der Waals surface area contributed by atoms with Crippen molar-refractivity contribution in [1.82, 2.24) is 20.0 Å². The molecule has 4 rings (SSSR count). The summed E-state index contributed by atoms with van der Waals surface area (Å²) in [4.78, 5) is 20.5. The Balaban J connectivity index is 1.42. The summed E-state index contributed by atoms with van der Waals surface area (Å²) in [6, 6.07) is 11.1. The van der Waals surface area contributed by atoms with Crippen LogP contribution in [-0.2, 0) is 0 Å². The van der Waals surface area contributed by atoms with E-state index in [0.717, 1.165) is 24.6 Å². The summed E-state index contributed by atoms with van der Waals surface area (Å²) < 4.78 is 0. The molecule has 0 atom stereocenters. The number of nitrogens with one attached hydrogen (secondary N) is 1. The molecule has 0 saturated carbocycles. The second-order valence-corrected chi connectivity index (χ2v) is 5.92. The lowest BCUT2D eigenvalue weighted by Crippen LogP contribution is -2.19. The van der Waals surface area contributed by atoms with Gasteiger partial charge in [-0.1, -0.05) is 0 Å². The van der Waals surface area contributed by atoms with E-state index in [4.69, 9.17) is 0 Å². The first kappa shape index (κ1) is 15.3. The van der Waals surface area contributed by atoms with Crippen LogP contribution in [0.4, 0.5) is 11.5 Å². The van der Waals surface area contributed by atoms with Gasteiger partial charge in [-0.25, -0.2) is 4.98 Å². The Kier molecular flexibility index (Phi) is 4.12.